The van der Waals surface area contributed by atoms with Crippen LogP contribution in [0.2, 0.25) is 0 Å². The van der Waals surface area contributed by atoms with Crippen LogP contribution >= 0.6 is 0 Å². The molecule has 1 aromatic carbocycles. The Morgan fingerprint density at radius 2 is 1.96 bits per heavy atom. The minimum atomic E-state index is -0.0934. The first kappa shape index (κ1) is 17.0. The number of hydrogen-bond donors (Lipinski definition) is 1. The van der Waals surface area contributed by atoms with E-state index < -0.39 is 0 Å². The highest BCUT2D eigenvalue weighted by atomic mass is 16.5. The molecular weight excluding hydrogens is 316 g/mol. The van der Waals surface area contributed by atoms with Crippen LogP contribution in [-0.2, 0) is 6.42 Å². The third-order valence-corrected chi connectivity index (χ3v) is 4.23. The molecule has 0 aliphatic carbocycles. The molecule has 3 rings (SSSR count). The van der Waals surface area contributed by atoms with Crippen molar-refractivity contribution in [2.45, 2.75) is 34.1 Å². The molecule has 130 valence electrons. The zero-order valence-corrected chi connectivity index (χ0v) is 15.0. The lowest BCUT2D eigenvalue weighted by atomic mass is 10.2. The maximum atomic E-state index is 12.6. The van der Waals surface area contributed by atoms with Crippen LogP contribution in [0.25, 0.3) is 5.69 Å². The number of aryl methyl sites for hydroxylation is 3. The Morgan fingerprint density at radius 1 is 1.20 bits per heavy atom. The number of benzene rings is 1. The van der Waals surface area contributed by atoms with Crippen LogP contribution < -0.4 is 5.32 Å². The second kappa shape index (κ2) is 6.93. The number of aromatic nitrogens is 3. The topological polar surface area (TPSA) is 73.0 Å². The van der Waals surface area contributed by atoms with Crippen molar-refractivity contribution in [1.29, 1.82) is 0 Å². The molecule has 2 heterocycles. The van der Waals surface area contributed by atoms with Crippen molar-refractivity contribution in [3.05, 3.63) is 64.6 Å². The molecule has 25 heavy (non-hydrogen) atoms. The second-order valence-corrected chi connectivity index (χ2v) is 6.15. The molecule has 6 heteroatoms. The second-order valence-electron chi connectivity index (χ2n) is 6.15. The molecule has 1 N–H and O–H groups in total. The van der Waals surface area contributed by atoms with E-state index in [0.717, 1.165) is 17.1 Å². The van der Waals surface area contributed by atoms with Gasteiger partial charge in [-0.3, -0.25) is 4.79 Å². The van der Waals surface area contributed by atoms with Crippen LogP contribution in [0, 0.1) is 27.7 Å². The fraction of sp³-hybridized carbons (Fsp3) is 0.316. The van der Waals surface area contributed by atoms with Crippen molar-refractivity contribution in [2.24, 2.45) is 0 Å². The summed E-state index contributed by atoms with van der Waals surface area (Å²) < 4.78 is 7.17. The largest absolute Gasteiger partial charge is 0.351 e. The fourth-order valence-corrected chi connectivity index (χ4v) is 3.00. The number of nitrogens with one attached hydrogen (secondary N) is 1. The van der Waals surface area contributed by atoms with Crippen LogP contribution in [-0.4, -0.2) is 27.2 Å². The number of nitrogens with zero attached hydrogens (tertiary/aromatic N) is 3. The Kier molecular flexibility index (Phi) is 4.70. The molecule has 0 saturated carbocycles. The van der Waals surface area contributed by atoms with Crippen molar-refractivity contribution < 1.29 is 9.32 Å². The highest BCUT2D eigenvalue weighted by Gasteiger charge is 2.17. The van der Waals surface area contributed by atoms with E-state index in [1.54, 1.807) is 6.92 Å². The quantitative estimate of drug-likeness (QED) is 0.776. The summed E-state index contributed by atoms with van der Waals surface area (Å²) in [6.45, 7) is 8.27. The van der Waals surface area contributed by atoms with E-state index in [1.165, 1.54) is 5.56 Å². The molecule has 0 unspecified atom stereocenters. The van der Waals surface area contributed by atoms with Gasteiger partial charge in [-0.25, -0.2) is 0 Å². The molecular formula is C19H22N4O2. The predicted octanol–water partition coefficient (Wildman–Crippen LogP) is 3.07. The van der Waals surface area contributed by atoms with Gasteiger partial charge in [-0.05, 0) is 45.4 Å². The molecule has 0 bridgehead atoms. The lowest BCUT2D eigenvalue weighted by Gasteiger charge is -2.12. The maximum Gasteiger partial charge on any atom is 0.253 e. The lowest BCUT2D eigenvalue weighted by Crippen LogP contribution is -2.26. The molecule has 0 saturated heterocycles. The van der Waals surface area contributed by atoms with E-state index in [-0.39, 0.29) is 5.91 Å². The molecule has 0 aliphatic heterocycles. The monoisotopic (exact) mass is 338 g/mol. The van der Waals surface area contributed by atoms with Gasteiger partial charge in [0.25, 0.3) is 5.91 Å². The van der Waals surface area contributed by atoms with Crippen LogP contribution in [0.4, 0.5) is 0 Å². The Bertz CT molecular complexity index is 908. The van der Waals surface area contributed by atoms with E-state index >= 15 is 0 Å². The number of para-hydroxylation sites is 1. The highest BCUT2D eigenvalue weighted by Crippen LogP contribution is 2.23. The van der Waals surface area contributed by atoms with Crippen molar-refractivity contribution in [2.75, 3.05) is 6.54 Å². The van der Waals surface area contributed by atoms with E-state index in [4.69, 9.17) is 4.52 Å². The van der Waals surface area contributed by atoms with Gasteiger partial charge in [0.2, 0.25) is 5.89 Å². The summed E-state index contributed by atoms with van der Waals surface area (Å²) in [5.41, 5.74) is 4.91. The van der Waals surface area contributed by atoms with E-state index in [0.29, 0.717) is 30.2 Å². The third-order valence-electron chi connectivity index (χ3n) is 4.23. The molecule has 0 radical (unpaired) electrons. The minimum Gasteiger partial charge on any atom is -0.351 e. The van der Waals surface area contributed by atoms with E-state index in [2.05, 4.69) is 39.1 Å². The Morgan fingerprint density at radius 3 is 2.64 bits per heavy atom. The van der Waals surface area contributed by atoms with Crippen molar-refractivity contribution >= 4 is 5.91 Å². The predicted molar refractivity (Wildman–Crippen MR) is 95.1 cm³/mol. The molecule has 2 aromatic heterocycles. The number of carbonyl (C=O) groups excluding carboxylic acids is 1. The van der Waals surface area contributed by atoms with Gasteiger partial charge in [-0.2, -0.15) is 4.98 Å². The summed E-state index contributed by atoms with van der Waals surface area (Å²) in [6, 6.07) is 10.1. The lowest BCUT2D eigenvalue weighted by molar-refractivity contribution is 0.0953. The van der Waals surface area contributed by atoms with Gasteiger partial charge in [0.1, 0.15) is 0 Å². The highest BCUT2D eigenvalue weighted by molar-refractivity contribution is 5.95. The van der Waals surface area contributed by atoms with Gasteiger partial charge in [-0.1, -0.05) is 23.4 Å². The standard InChI is InChI=1S/C19H22N4O2/c1-12-7-5-6-8-17(12)23-13(2)11-16(14(23)3)19(24)20-10-9-18-21-15(4)22-25-18/h5-8,11H,9-10H2,1-4H3,(H,20,24). The van der Waals surface area contributed by atoms with Gasteiger partial charge < -0.3 is 14.4 Å². The molecule has 1 amide bonds. The summed E-state index contributed by atoms with van der Waals surface area (Å²) >= 11 is 0. The number of carbonyl (C=O) groups is 1. The Balaban J connectivity index is 1.75. The van der Waals surface area contributed by atoms with Gasteiger partial charge in [-0.15, -0.1) is 0 Å². The first-order valence-corrected chi connectivity index (χ1v) is 8.29. The Hall–Kier alpha value is -2.89. The molecule has 0 fully saturated rings. The maximum absolute atomic E-state index is 12.6. The number of hydrogen-bond acceptors (Lipinski definition) is 4. The first-order valence-electron chi connectivity index (χ1n) is 8.29. The van der Waals surface area contributed by atoms with E-state index in [1.807, 2.05) is 32.0 Å². The number of rotatable bonds is 5. The van der Waals surface area contributed by atoms with Crippen LogP contribution in [0.15, 0.2) is 34.9 Å². The number of amides is 1. The normalized spacial score (nSPS) is 10.9. The summed E-state index contributed by atoms with van der Waals surface area (Å²) in [7, 11) is 0. The van der Waals surface area contributed by atoms with Gasteiger partial charge in [0.05, 0.1) is 5.56 Å². The zero-order chi connectivity index (χ0) is 18.0. The molecule has 0 spiro atoms. The summed E-state index contributed by atoms with van der Waals surface area (Å²) in [6.07, 6.45) is 0.517. The average Bonchev–Trinajstić information content (AvgIpc) is 3.11. The molecule has 0 aliphatic rings. The average molecular weight is 338 g/mol. The van der Waals surface area contributed by atoms with Gasteiger partial charge in [0.15, 0.2) is 5.82 Å². The smallest absolute Gasteiger partial charge is 0.253 e. The molecule has 0 atom stereocenters. The SMILES string of the molecule is Cc1noc(CCNC(=O)c2cc(C)n(-c3ccccc3C)c2C)n1. The van der Waals surface area contributed by atoms with Crippen molar-refractivity contribution in [3.63, 3.8) is 0 Å². The minimum absolute atomic E-state index is 0.0934. The molecule has 6 nitrogen and oxygen atoms in total. The Labute approximate surface area is 146 Å². The van der Waals surface area contributed by atoms with Crippen LogP contribution in [0.3, 0.4) is 0 Å². The first-order chi connectivity index (χ1) is 12.0. The van der Waals surface area contributed by atoms with E-state index in [9.17, 15) is 4.79 Å². The summed E-state index contributed by atoms with van der Waals surface area (Å²) in [5.74, 6) is 1.04. The fourth-order valence-electron chi connectivity index (χ4n) is 3.00. The summed E-state index contributed by atoms with van der Waals surface area (Å²) in [5, 5.41) is 6.67. The van der Waals surface area contributed by atoms with Crippen molar-refractivity contribution in [3.8, 4) is 5.69 Å². The van der Waals surface area contributed by atoms with Crippen molar-refractivity contribution in [1.82, 2.24) is 20.0 Å². The van der Waals surface area contributed by atoms with Crippen LogP contribution in [0.1, 0.15) is 39.0 Å². The summed E-state index contributed by atoms with van der Waals surface area (Å²) in [4.78, 5) is 16.7. The van der Waals surface area contributed by atoms with Gasteiger partial charge >= 0.3 is 0 Å². The molecule has 3 aromatic rings. The van der Waals surface area contributed by atoms with Crippen LogP contribution in [0.5, 0.6) is 0 Å². The zero-order valence-electron chi connectivity index (χ0n) is 15.0. The third kappa shape index (κ3) is 3.47. The van der Waals surface area contributed by atoms with Gasteiger partial charge in [0, 0.05) is 30.0 Å².